The van der Waals surface area contributed by atoms with Gasteiger partial charge in [-0.05, 0) is 59.5 Å². The Morgan fingerprint density at radius 3 is 2.20 bits per heavy atom. The predicted octanol–water partition coefficient (Wildman–Crippen LogP) is 2.69. The maximum Gasteiger partial charge on any atom is 0.191 e. The van der Waals surface area contributed by atoms with Gasteiger partial charge in [0, 0.05) is 25.2 Å². The lowest BCUT2D eigenvalue weighted by Crippen LogP contribution is -2.52. The third kappa shape index (κ3) is 6.61. The Hall–Kier alpha value is -0.0400. The summed E-state index contributed by atoms with van der Waals surface area (Å²) in [6.45, 7) is 7.71. The lowest BCUT2D eigenvalue weighted by atomic mass is 9.87. The second-order valence-electron chi connectivity index (χ2n) is 6.73. The normalized spacial score (nSPS) is 24.2. The molecule has 0 aromatic carbocycles. The van der Waals surface area contributed by atoms with Crippen LogP contribution >= 0.6 is 24.0 Å². The Balaban J connectivity index is 0.00000361. The van der Waals surface area contributed by atoms with Crippen LogP contribution in [-0.4, -0.2) is 50.1 Å². The minimum Gasteiger partial charge on any atom is -0.355 e. The number of hydrogen-bond donors (Lipinski definition) is 2. The molecule has 0 radical (unpaired) electrons. The standard InChI is InChI=1S/C15H32N4.HI/c1-12-7-9-13(10-8-12)18-14(16-4)17-11-15(2,3)19(5)6;/h12-13H,7-11H2,1-6H3,(H2,16,17,18);1H. The molecule has 1 rings (SSSR count). The molecule has 120 valence electrons. The second-order valence-corrected chi connectivity index (χ2v) is 6.73. The maximum absolute atomic E-state index is 4.34. The van der Waals surface area contributed by atoms with Crippen LogP contribution in [0.25, 0.3) is 0 Å². The Labute approximate surface area is 142 Å². The summed E-state index contributed by atoms with van der Waals surface area (Å²) in [5.41, 5.74) is 0.124. The van der Waals surface area contributed by atoms with Crippen molar-refractivity contribution in [2.75, 3.05) is 27.7 Å². The van der Waals surface area contributed by atoms with Gasteiger partial charge < -0.3 is 15.5 Å². The largest absolute Gasteiger partial charge is 0.355 e. The van der Waals surface area contributed by atoms with Gasteiger partial charge in [-0.3, -0.25) is 4.99 Å². The van der Waals surface area contributed by atoms with Gasteiger partial charge in [0.05, 0.1) is 0 Å². The molecule has 2 N–H and O–H groups in total. The highest BCUT2D eigenvalue weighted by atomic mass is 127. The topological polar surface area (TPSA) is 39.7 Å². The number of halogens is 1. The van der Waals surface area contributed by atoms with Crippen LogP contribution in [0.15, 0.2) is 4.99 Å². The summed E-state index contributed by atoms with van der Waals surface area (Å²) in [7, 11) is 6.07. The van der Waals surface area contributed by atoms with Crippen LogP contribution in [0.4, 0.5) is 0 Å². The van der Waals surface area contributed by atoms with Gasteiger partial charge in [-0.25, -0.2) is 0 Å². The molecule has 0 aliphatic heterocycles. The van der Waals surface area contributed by atoms with Gasteiger partial charge in [-0.1, -0.05) is 6.92 Å². The van der Waals surface area contributed by atoms with Gasteiger partial charge in [0.1, 0.15) is 0 Å². The fourth-order valence-corrected chi connectivity index (χ4v) is 2.25. The summed E-state index contributed by atoms with van der Waals surface area (Å²) in [4.78, 5) is 6.57. The molecule has 5 heteroatoms. The molecule has 0 heterocycles. The van der Waals surface area contributed by atoms with Crippen molar-refractivity contribution >= 4 is 29.9 Å². The van der Waals surface area contributed by atoms with Crippen LogP contribution < -0.4 is 10.6 Å². The molecule has 0 aromatic rings. The van der Waals surface area contributed by atoms with E-state index >= 15 is 0 Å². The van der Waals surface area contributed by atoms with E-state index in [0.29, 0.717) is 6.04 Å². The zero-order valence-corrected chi connectivity index (χ0v) is 16.3. The summed E-state index contributed by atoms with van der Waals surface area (Å²) >= 11 is 0. The van der Waals surface area contributed by atoms with E-state index in [1.165, 1.54) is 25.7 Å². The highest BCUT2D eigenvalue weighted by Crippen LogP contribution is 2.23. The Bertz CT molecular complexity index is 294. The Morgan fingerprint density at radius 2 is 1.75 bits per heavy atom. The van der Waals surface area contributed by atoms with Crippen molar-refractivity contribution in [1.29, 1.82) is 0 Å². The molecule has 0 bridgehead atoms. The average Bonchev–Trinajstić information content (AvgIpc) is 2.36. The number of rotatable bonds is 4. The number of nitrogens with one attached hydrogen (secondary N) is 2. The van der Waals surface area contributed by atoms with E-state index in [0.717, 1.165) is 18.4 Å². The third-order valence-electron chi connectivity index (χ3n) is 4.48. The average molecular weight is 396 g/mol. The number of nitrogens with zero attached hydrogens (tertiary/aromatic N) is 2. The summed E-state index contributed by atoms with van der Waals surface area (Å²) in [6.07, 6.45) is 5.19. The van der Waals surface area contributed by atoms with Crippen LogP contribution in [0, 0.1) is 5.92 Å². The molecule has 1 aliphatic rings. The lowest BCUT2D eigenvalue weighted by molar-refractivity contribution is 0.197. The fraction of sp³-hybridized carbons (Fsp3) is 0.933. The van der Waals surface area contributed by atoms with Crippen LogP contribution in [0.2, 0.25) is 0 Å². The SMILES string of the molecule is CN=C(NCC(C)(C)N(C)C)NC1CCC(C)CC1.I. The molecular formula is C15H33IN4. The minimum atomic E-state index is 0. The van der Waals surface area contributed by atoms with Crippen molar-refractivity contribution in [3.8, 4) is 0 Å². The first kappa shape index (κ1) is 20.0. The van der Waals surface area contributed by atoms with Crippen molar-refractivity contribution in [2.24, 2.45) is 10.9 Å². The molecule has 20 heavy (non-hydrogen) atoms. The first-order valence-electron chi connectivity index (χ1n) is 7.49. The summed E-state index contributed by atoms with van der Waals surface area (Å²) in [6, 6.07) is 0.588. The molecule has 0 spiro atoms. The first-order chi connectivity index (χ1) is 8.85. The lowest BCUT2D eigenvalue weighted by Gasteiger charge is -2.34. The number of aliphatic imine (C=N–C) groups is 1. The Kier molecular flexibility index (Phi) is 9.06. The van der Waals surface area contributed by atoms with E-state index in [-0.39, 0.29) is 29.5 Å². The summed E-state index contributed by atoms with van der Waals surface area (Å²) in [5.74, 6) is 1.83. The second kappa shape index (κ2) is 9.07. The van der Waals surface area contributed by atoms with Gasteiger partial charge in [0.2, 0.25) is 0 Å². The molecule has 0 aromatic heterocycles. The first-order valence-corrected chi connectivity index (χ1v) is 7.49. The molecule has 1 aliphatic carbocycles. The molecule has 0 atom stereocenters. The van der Waals surface area contributed by atoms with Gasteiger partial charge >= 0.3 is 0 Å². The van der Waals surface area contributed by atoms with Crippen LogP contribution in [0.3, 0.4) is 0 Å². The monoisotopic (exact) mass is 396 g/mol. The molecule has 1 fully saturated rings. The maximum atomic E-state index is 4.34. The van der Waals surface area contributed by atoms with E-state index in [2.05, 4.69) is 55.4 Å². The smallest absolute Gasteiger partial charge is 0.191 e. The van der Waals surface area contributed by atoms with Gasteiger partial charge in [-0.2, -0.15) is 0 Å². The van der Waals surface area contributed by atoms with Crippen molar-refractivity contribution in [3.63, 3.8) is 0 Å². The quantitative estimate of drug-likeness (QED) is 0.436. The highest BCUT2D eigenvalue weighted by molar-refractivity contribution is 14.0. The zero-order chi connectivity index (χ0) is 14.5. The van der Waals surface area contributed by atoms with Crippen LogP contribution in [-0.2, 0) is 0 Å². The van der Waals surface area contributed by atoms with Crippen molar-refractivity contribution in [1.82, 2.24) is 15.5 Å². The molecule has 0 unspecified atom stereocenters. The van der Waals surface area contributed by atoms with Gasteiger partial charge in [0.25, 0.3) is 0 Å². The zero-order valence-electron chi connectivity index (χ0n) is 14.0. The highest BCUT2D eigenvalue weighted by Gasteiger charge is 2.22. The summed E-state index contributed by atoms with van der Waals surface area (Å²) in [5, 5.41) is 7.00. The van der Waals surface area contributed by atoms with Crippen LogP contribution in [0.5, 0.6) is 0 Å². The molecule has 0 amide bonds. The Morgan fingerprint density at radius 1 is 1.20 bits per heavy atom. The fourth-order valence-electron chi connectivity index (χ4n) is 2.25. The van der Waals surface area contributed by atoms with Crippen molar-refractivity contribution in [2.45, 2.75) is 58.0 Å². The molecule has 4 nitrogen and oxygen atoms in total. The van der Waals surface area contributed by atoms with E-state index in [9.17, 15) is 0 Å². The molecular weight excluding hydrogens is 363 g/mol. The molecule has 1 saturated carbocycles. The van der Waals surface area contributed by atoms with Crippen molar-refractivity contribution in [3.05, 3.63) is 0 Å². The molecule has 0 saturated heterocycles. The van der Waals surface area contributed by atoms with Crippen LogP contribution in [0.1, 0.15) is 46.5 Å². The predicted molar refractivity (Wildman–Crippen MR) is 99.1 cm³/mol. The number of likely N-dealkylation sites (N-methyl/N-ethyl adjacent to an activating group) is 1. The minimum absolute atomic E-state index is 0. The summed E-state index contributed by atoms with van der Waals surface area (Å²) < 4.78 is 0. The van der Waals surface area contributed by atoms with Gasteiger partial charge in [-0.15, -0.1) is 24.0 Å². The number of guanidine groups is 1. The van der Waals surface area contributed by atoms with E-state index in [1.54, 1.807) is 0 Å². The number of hydrogen-bond acceptors (Lipinski definition) is 2. The third-order valence-corrected chi connectivity index (χ3v) is 4.48. The van der Waals surface area contributed by atoms with E-state index in [4.69, 9.17) is 0 Å². The van der Waals surface area contributed by atoms with E-state index in [1.807, 2.05) is 7.05 Å². The van der Waals surface area contributed by atoms with Crippen molar-refractivity contribution < 1.29 is 0 Å². The van der Waals surface area contributed by atoms with E-state index < -0.39 is 0 Å². The van der Waals surface area contributed by atoms with Gasteiger partial charge in [0.15, 0.2) is 5.96 Å².